The fourth-order valence-corrected chi connectivity index (χ4v) is 2.07. The third kappa shape index (κ3) is 5.66. The minimum atomic E-state index is -3.11. The molecule has 7 nitrogen and oxygen atoms in total. The topological polar surface area (TPSA) is 101 Å². The Hall–Kier alpha value is -1.70. The van der Waals surface area contributed by atoms with Crippen LogP contribution in [0, 0.1) is 0 Å². The Kier molecular flexibility index (Phi) is 6.07. The Morgan fingerprint density at radius 1 is 1.38 bits per heavy atom. The molecule has 118 valence electrons. The summed E-state index contributed by atoms with van der Waals surface area (Å²) in [7, 11) is -3.11. The third-order valence-electron chi connectivity index (χ3n) is 2.66. The molecular formula is C13H22N4O3S. The summed E-state index contributed by atoms with van der Waals surface area (Å²) in [6.45, 7) is 6.47. The maximum atomic E-state index is 12.2. The van der Waals surface area contributed by atoms with Gasteiger partial charge in [-0.1, -0.05) is 13.8 Å². The Bertz CT molecular complexity index is 599. The first-order valence-electron chi connectivity index (χ1n) is 6.81. The van der Waals surface area contributed by atoms with Crippen molar-refractivity contribution in [3.63, 3.8) is 0 Å². The Labute approximate surface area is 125 Å². The molecule has 0 radical (unpaired) electrons. The van der Waals surface area contributed by atoms with Crippen LogP contribution in [0.5, 0.6) is 0 Å². The molecule has 21 heavy (non-hydrogen) atoms. The highest BCUT2D eigenvalue weighted by molar-refractivity contribution is 7.90. The summed E-state index contributed by atoms with van der Waals surface area (Å²) in [6, 6.07) is 0. The molecule has 0 unspecified atom stereocenters. The predicted octanol–water partition coefficient (Wildman–Crippen LogP) is 0.806. The Morgan fingerprint density at radius 2 is 2.05 bits per heavy atom. The molecule has 0 fully saturated rings. The molecule has 1 aromatic heterocycles. The highest BCUT2D eigenvalue weighted by atomic mass is 32.2. The number of carbonyl (C=O) groups is 1. The molecule has 0 aromatic carbocycles. The fourth-order valence-electron chi connectivity index (χ4n) is 1.60. The van der Waals surface area contributed by atoms with Crippen molar-refractivity contribution in [2.24, 2.45) is 0 Å². The molecule has 0 bridgehead atoms. The van der Waals surface area contributed by atoms with Crippen molar-refractivity contribution in [2.45, 2.75) is 26.7 Å². The quantitative estimate of drug-likeness (QED) is 0.772. The van der Waals surface area contributed by atoms with Crippen molar-refractivity contribution in [1.82, 2.24) is 15.3 Å². The lowest BCUT2D eigenvalue weighted by Crippen LogP contribution is -2.30. The van der Waals surface area contributed by atoms with Gasteiger partial charge in [-0.15, -0.1) is 0 Å². The van der Waals surface area contributed by atoms with E-state index in [2.05, 4.69) is 20.6 Å². The van der Waals surface area contributed by atoms with Gasteiger partial charge in [-0.2, -0.15) is 0 Å². The number of nitrogens with one attached hydrogen (secondary N) is 2. The molecule has 0 aliphatic heterocycles. The van der Waals surface area contributed by atoms with Gasteiger partial charge < -0.3 is 10.6 Å². The minimum Gasteiger partial charge on any atom is -0.382 e. The largest absolute Gasteiger partial charge is 0.382 e. The number of carbonyl (C=O) groups excluding carboxylic acids is 1. The predicted molar refractivity (Wildman–Crippen MR) is 82.3 cm³/mol. The summed E-state index contributed by atoms with van der Waals surface area (Å²) in [6.07, 6.45) is 2.71. The van der Waals surface area contributed by atoms with E-state index in [-0.39, 0.29) is 23.9 Å². The highest BCUT2D eigenvalue weighted by Crippen LogP contribution is 2.16. The maximum absolute atomic E-state index is 12.2. The van der Waals surface area contributed by atoms with Crippen LogP contribution in [0.3, 0.4) is 0 Å². The van der Waals surface area contributed by atoms with Gasteiger partial charge in [-0.25, -0.2) is 18.4 Å². The number of rotatable bonds is 7. The zero-order valence-corrected chi connectivity index (χ0v) is 13.6. The maximum Gasteiger partial charge on any atom is 0.272 e. The summed E-state index contributed by atoms with van der Waals surface area (Å²) >= 11 is 0. The first-order valence-corrected chi connectivity index (χ1v) is 8.87. The van der Waals surface area contributed by atoms with Crippen LogP contribution >= 0.6 is 0 Å². The molecule has 8 heteroatoms. The summed E-state index contributed by atoms with van der Waals surface area (Å²) in [5.41, 5.74) is 0.780. The molecular weight excluding hydrogens is 292 g/mol. The molecule has 0 aliphatic carbocycles. The van der Waals surface area contributed by atoms with Gasteiger partial charge in [0.25, 0.3) is 5.91 Å². The number of hydrogen-bond acceptors (Lipinski definition) is 6. The van der Waals surface area contributed by atoms with Gasteiger partial charge in [0, 0.05) is 25.3 Å². The molecule has 1 rings (SSSR count). The first kappa shape index (κ1) is 17.4. The molecule has 2 N–H and O–H groups in total. The van der Waals surface area contributed by atoms with Gasteiger partial charge in [0.05, 0.1) is 17.6 Å². The normalized spacial score (nSPS) is 11.5. The fraction of sp³-hybridized carbons (Fsp3) is 0.615. The molecule has 0 aliphatic rings. The summed E-state index contributed by atoms with van der Waals surface area (Å²) in [4.78, 5) is 20.6. The first-order chi connectivity index (χ1) is 9.74. The lowest BCUT2D eigenvalue weighted by Gasteiger charge is -2.12. The van der Waals surface area contributed by atoms with Crippen LogP contribution in [0.15, 0.2) is 6.20 Å². The van der Waals surface area contributed by atoms with Crippen LogP contribution < -0.4 is 10.6 Å². The number of hydrogen-bond donors (Lipinski definition) is 2. The van der Waals surface area contributed by atoms with Gasteiger partial charge in [0.15, 0.2) is 5.69 Å². The summed E-state index contributed by atoms with van der Waals surface area (Å²) in [5, 5.41) is 5.60. The van der Waals surface area contributed by atoms with E-state index in [0.29, 0.717) is 18.1 Å². The SMILES string of the molecule is CCNc1cnc(C(C)C)nc1C(=O)NCCS(C)(=O)=O. The smallest absolute Gasteiger partial charge is 0.272 e. The van der Waals surface area contributed by atoms with Crippen LogP contribution in [0.1, 0.15) is 43.0 Å². The number of aromatic nitrogens is 2. The lowest BCUT2D eigenvalue weighted by atomic mass is 10.2. The van der Waals surface area contributed by atoms with Gasteiger partial charge in [-0.05, 0) is 6.92 Å². The third-order valence-corrected chi connectivity index (χ3v) is 3.61. The van der Waals surface area contributed by atoms with Crippen LogP contribution in [0.4, 0.5) is 5.69 Å². The Balaban J connectivity index is 2.91. The second-order valence-electron chi connectivity index (χ2n) is 5.06. The molecule has 1 aromatic rings. The van der Waals surface area contributed by atoms with Gasteiger partial charge in [-0.3, -0.25) is 4.79 Å². The number of amides is 1. The molecule has 0 spiro atoms. The van der Waals surface area contributed by atoms with Crippen molar-refractivity contribution in [1.29, 1.82) is 0 Å². The van der Waals surface area contributed by atoms with E-state index in [9.17, 15) is 13.2 Å². The van der Waals surface area contributed by atoms with Gasteiger partial charge in [0.1, 0.15) is 15.7 Å². The average molecular weight is 314 g/mol. The van der Waals surface area contributed by atoms with Crippen LogP contribution in [-0.4, -0.2) is 49.4 Å². The molecule has 0 atom stereocenters. The van der Waals surface area contributed by atoms with Crippen molar-refractivity contribution < 1.29 is 13.2 Å². The molecule has 1 heterocycles. The van der Waals surface area contributed by atoms with Crippen LogP contribution in [-0.2, 0) is 9.84 Å². The monoisotopic (exact) mass is 314 g/mol. The van der Waals surface area contributed by atoms with E-state index < -0.39 is 15.7 Å². The summed E-state index contributed by atoms with van der Waals surface area (Å²) in [5.74, 6) is 0.171. The van der Waals surface area contributed by atoms with Gasteiger partial charge >= 0.3 is 0 Å². The molecule has 0 saturated carbocycles. The van der Waals surface area contributed by atoms with Crippen molar-refractivity contribution in [3.05, 3.63) is 17.7 Å². The zero-order valence-electron chi connectivity index (χ0n) is 12.8. The number of anilines is 1. The average Bonchev–Trinajstić information content (AvgIpc) is 2.37. The van der Waals surface area contributed by atoms with Crippen LogP contribution in [0.2, 0.25) is 0 Å². The van der Waals surface area contributed by atoms with E-state index in [4.69, 9.17) is 0 Å². The zero-order chi connectivity index (χ0) is 16.0. The second kappa shape index (κ2) is 7.35. The van der Waals surface area contributed by atoms with Crippen LogP contribution in [0.25, 0.3) is 0 Å². The van der Waals surface area contributed by atoms with Crippen molar-refractivity contribution in [3.8, 4) is 0 Å². The van der Waals surface area contributed by atoms with E-state index >= 15 is 0 Å². The number of nitrogens with zero attached hydrogens (tertiary/aromatic N) is 2. The molecule has 0 saturated heterocycles. The van der Waals surface area contributed by atoms with E-state index in [0.717, 1.165) is 6.26 Å². The lowest BCUT2D eigenvalue weighted by molar-refractivity contribution is 0.0951. The Morgan fingerprint density at radius 3 is 2.57 bits per heavy atom. The van der Waals surface area contributed by atoms with E-state index in [1.165, 1.54) is 0 Å². The van der Waals surface area contributed by atoms with E-state index in [1.807, 2.05) is 20.8 Å². The van der Waals surface area contributed by atoms with E-state index in [1.54, 1.807) is 6.20 Å². The standard InChI is InChI=1S/C13H22N4O3S/c1-5-14-10-8-16-12(9(2)3)17-11(10)13(18)15-6-7-21(4,19)20/h8-9,14H,5-7H2,1-4H3,(H,15,18). The molecule has 1 amide bonds. The van der Waals surface area contributed by atoms with Gasteiger partial charge in [0.2, 0.25) is 0 Å². The highest BCUT2D eigenvalue weighted by Gasteiger charge is 2.16. The second-order valence-corrected chi connectivity index (χ2v) is 7.32. The summed E-state index contributed by atoms with van der Waals surface area (Å²) < 4.78 is 22.1. The number of sulfone groups is 1. The minimum absolute atomic E-state index is 0.0598. The van der Waals surface area contributed by atoms with Crippen molar-refractivity contribution >= 4 is 21.4 Å². The van der Waals surface area contributed by atoms with Crippen molar-refractivity contribution in [2.75, 3.05) is 30.4 Å².